The van der Waals surface area contributed by atoms with E-state index in [-0.39, 0.29) is 28.9 Å². The molecule has 8 nitrogen and oxygen atoms in total. The number of rotatable bonds is 6. The average molecular weight is 530 g/mol. The summed E-state index contributed by atoms with van der Waals surface area (Å²) in [5.41, 5.74) is 3.50. The van der Waals surface area contributed by atoms with Crippen molar-refractivity contribution >= 4 is 23.3 Å². The van der Waals surface area contributed by atoms with Gasteiger partial charge in [0.25, 0.3) is 5.91 Å². The summed E-state index contributed by atoms with van der Waals surface area (Å²) >= 11 is 0. The average Bonchev–Trinajstić information content (AvgIpc) is 3.46. The van der Waals surface area contributed by atoms with Gasteiger partial charge in [-0.05, 0) is 81.1 Å². The highest BCUT2D eigenvalue weighted by molar-refractivity contribution is 6.03. The topological polar surface area (TPSA) is 111 Å². The Morgan fingerprint density at radius 2 is 1.97 bits per heavy atom. The molecule has 2 aromatic rings. The van der Waals surface area contributed by atoms with E-state index in [0.717, 1.165) is 30.4 Å². The van der Waals surface area contributed by atoms with Crippen LogP contribution in [-0.2, 0) is 4.74 Å². The predicted molar refractivity (Wildman–Crippen MR) is 152 cm³/mol. The van der Waals surface area contributed by atoms with Crippen LogP contribution in [0.3, 0.4) is 0 Å². The van der Waals surface area contributed by atoms with Crippen LogP contribution in [0.5, 0.6) is 0 Å². The first-order valence-corrected chi connectivity index (χ1v) is 13.5. The molecule has 0 saturated carbocycles. The lowest BCUT2D eigenvalue weighted by molar-refractivity contribution is 0.0528. The van der Waals surface area contributed by atoms with Gasteiger partial charge in [-0.15, -0.1) is 0 Å². The Hall–Kier alpha value is -3.86. The maximum Gasteiger partial charge on any atom is 0.410 e. The molecule has 2 aliphatic rings. The van der Waals surface area contributed by atoms with Gasteiger partial charge in [-0.1, -0.05) is 45.1 Å². The number of benzene rings is 1. The van der Waals surface area contributed by atoms with Crippen molar-refractivity contribution < 1.29 is 14.3 Å². The standard InChI is InChI=1S/C31H39N5O3/c1-20(17-31(6)15-14-30(4,5)36(31)28(38)39-7)22-8-9-25(35-27(37)26-33-19-23(18-32)34-26)24(16-22)21-10-12-29(2,3)13-11-21/h8-10,14-16,19-20H,11-13,17H2,1-7H3,(H,33,34)(H,35,37)/t20?,31-/m0/s1. The summed E-state index contributed by atoms with van der Waals surface area (Å²) in [6, 6.07) is 8.09. The van der Waals surface area contributed by atoms with Gasteiger partial charge in [0, 0.05) is 17.4 Å². The fourth-order valence-electron chi connectivity index (χ4n) is 5.86. The second-order valence-corrected chi connectivity index (χ2v) is 12.4. The number of imidazole rings is 1. The van der Waals surface area contributed by atoms with Gasteiger partial charge in [-0.3, -0.25) is 9.69 Å². The Morgan fingerprint density at radius 3 is 2.59 bits per heavy atom. The summed E-state index contributed by atoms with van der Waals surface area (Å²) < 4.78 is 5.14. The highest BCUT2D eigenvalue weighted by Gasteiger charge is 2.47. The third-order valence-corrected chi connectivity index (χ3v) is 8.10. The maximum atomic E-state index is 13.0. The van der Waals surface area contributed by atoms with Crippen LogP contribution in [0.2, 0.25) is 0 Å². The number of nitriles is 1. The summed E-state index contributed by atoms with van der Waals surface area (Å²) in [5.74, 6) is -0.178. The first-order valence-electron chi connectivity index (χ1n) is 13.5. The molecule has 0 saturated heterocycles. The molecule has 0 bridgehead atoms. The van der Waals surface area contributed by atoms with Crippen LogP contribution < -0.4 is 5.32 Å². The SMILES string of the molecule is COC(=O)N1C(C)(C)C=C[C@@]1(C)CC(C)c1ccc(NC(=O)c2nc(C#N)c[nH]2)c(C2=CCC(C)(C)CC2)c1. The number of aromatic nitrogens is 2. The van der Waals surface area contributed by atoms with Gasteiger partial charge < -0.3 is 15.0 Å². The van der Waals surface area contributed by atoms with E-state index >= 15 is 0 Å². The summed E-state index contributed by atoms with van der Waals surface area (Å²) in [4.78, 5) is 34.4. The van der Waals surface area contributed by atoms with E-state index < -0.39 is 17.0 Å². The number of nitrogens with zero attached hydrogens (tertiary/aromatic N) is 3. The lowest BCUT2D eigenvalue weighted by Crippen LogP contribution is -2.54. The number of allylic oxidation sites excluding steroid dienone is 2. The summed E-state index contributed by atoms with van der Waals surface area (Å²) in [5, 5.41) is 12.1. The number of H-pyrrole nitrogens is 1. The number of amides is 2. The second-order valence-electron chi connectivity index (χ2n) is 12.4. The van der Waals surface area contributed by atoms with E-state index in [4.69, 9.17) is 10.00 Å². The van der Waals surface area contributed by atoms with Crippen molar-refractivity contribution in [2.75, 3.05) is 12.4 Å². The number of methoxy groups -OCH3 is 1. The molecule has 1 aliphatic carbocycles. The van der Waals surface area contributed by atoms with Crippen LogP contribution in [0.1, 0.15) is 101 Å². The van der Waals surface area contributed by atoms with Crippen LogP contribution in [-0.4, -0.2) is 45.1 Å². The van der Waals surface area contributed by atoms with Crippen molar-refractivity contribution in [2.45, 2.75) is 84.2 Å². The molecule has 206 valence electrons. The van der Waals surface area contributed by atoms with E-state index in [9.17, 15) is 9.59 Å². The maximum absolute atomic E-state index is 13.0. The third kappa shape index (κ3) is 5.78. The van der Waals surface area contributed by atoms with Crippen molar-refractivity contribution in [1.82, 2.24) is 14.9 Å². The molecule has 1 aromatic heterocycles. The molecular formula is C31H39N5O3. The Morgan fingerprint density at radius 1 is 1.23 bits per heavy atom. The lowest BCUT2D eigenvalue weighted by Gasteiger charge is -2.42. The highest BCUT2D eigenvalue weighted by Crippen LogP contribution is 2.44. The molecule has 2 atom stereocenters. The number of anilines is 1. The molecule has 39 heavy (non-hydrogen) atoms. The minimum atomic E-state index is -0.505. The Balaban J connectivity index is 1.66. The summed E-state index contributed by atoms with van der Waals surface area (Å²) in [6.45, 7) is 12.8. The van der Waals surface area contributed by atoms with E-state index in [2.05, 4.69) is 67.3 Å². The van der Waals surface area contributed by atoms with Gasteiger partial charge in [0.2, 0.25) is 0 Å². The van der Waals surface area contributed by atoms with Crippen LogP contribution >= 0.6 is 0 Å². The zero-order valence-corrected chi connectivity index (χ0v) is 24.0. The Bertz CT molecular complexity index is 1380. The highest BCUT2D eigenvalue weighted by atomic mass is 16.5. The van der Waals surface area contributed by atoms with E-state index in [1.165, 1.54) is 18.9 Å². The molecule has 1 aliphatic heterocycles. The molecule has 1 unspecified atom stereocenters. The molecule has 2 N–H and O–H groups in total. The fraction of sp³-hybridized carbons (Fsp3) is 0.484. The Labute approximate surface area is 231 Å². The van der Waals surface area contributed by atoms with Gasteiger partial charge >= 0.3 is 6.09 Å². The zero-order valence-electron chi connectivity index (χ0n) is 24.0. The Kier molecular flexibility index (Phi) is 7.48. The summed E-state index contributed by atoms with van der Waals surface area (Å²) in [6.07, 6.45) is 11.2. The predicted octanol–water partition coefficient (Wildman–Crippen LogP) is 6.80. The number of ether oxygens (including phenoxy) is 1. The van der Waals surface area contributed by atoms with Gasteiger partial charge in [0.15, 0.2) is 11.5 Å². The first kappa shape index (κ1) is 28.2. The molecule has 1 aromatic carbocycles. The molecule has 2 amide bonds. The van der Waals surface area contributed by atoms with Crippen molar-refractivity contribution in [3.8, 4) is 6.07 Å². The molecule has 4 rings (SSSR count). The molecule has 0 fully saturated rings. The first-order chi connectivity index (χ1) is 18.3. The minimum absolute atomic E-state index is 0.0974. The van der Waals surface area contributed by atoms with Crippen LogP contribution in [0, 0.1) is 16.7 Å². The molecule has 0 radical (unpaired) electrons. The summed E-state index contributed by atoms with van der Waals surface area (Å²) in [7, 11) is 1.42. The number of nitrogens with one attached hydrogen (secondary N) is 2. The molecular weight excluding hydrogens is 490 g/mol. The normalized spacial score (nSPS) is 22.1. The third-order valence-electron chi connectivity index (χ3n) is 8.10. The second kappa shape index (κ2) is 10.4. The molecule has 2 heterocycles. The van der Waals surface area contributed by atoms with Crippen LogP contribution in [0.4, 0.5) is 10.5 Å². The fourth-order valence-corrected chi connectivity index (χ4v) is 5.86. The quantitative estimate of drug-likeness (QED) is 0.400. The monoisotopic (exact) mass is 529 g/mol. The zero-order chi connectivity index (χ0) is 28.6. The number of hydrogen-bond acceptors (Lipinski definition) is 5. The largest absolute Gasteiger partial charge is 0.453 e. The van der Waals surface area contributed by atoms with E-state index in [0.29, 0.717) is 12.1 Å². The number of hydrogen-bond donors (Lipinski definition) is 2. The van der Waals surface area contributed by atoms with Gasteiger partial charge in [0.1, 0.15) is 6.07 Å². The lowest BCUT2D eigenvalue weighted by atomic mass is 9.76. The molecule has 0 spiro atoms. The van der Waals surface area contributed by atoms with Crippen molar-refractivity contribution in [3.05, 3.63) is 65.3 Å². The van der Waals surface area contributed by atoms with Crippen molar-refractivity contribution in [3.63, 3.8) is 0 Å². The van der Waals surface area contributed by atoms with Crippen molar-refractivity contribution in [1.29, 1.82) is 5.26 Å². The van der Waals surface area contributed by atoms with Crippen molar-refractivity contribution in [2.24, 2.45) is 5.41 Å². The minimum Gasteiger partial charge on any atom is -0.453 e. The number of aromatic amines is 1. The van der Waals surface area contributed by atoms with Gasteiger partial charge in [-0.2, -0.15) is 5.26 Å². The van der Waals surface area contributed by atoms with Gasteiger partial charge in [-0.25, -0.2) is 9.78 Å². The van der Waals surface area contributed by atoms with E-state index in [1.54, 1.807) is 0 Å². The van der Waals surface area contributed by atoms with Gasteiger partial charge in [0.05, 0.1) is 18.2 Å². The van der Waals surface area contributed by atoms with Crippen LogP contribution in [0.25, 0.3) is 5.57 Å². The smallest absolute Gasteiger partial charge is 0.410 e. The number of carbonyl (C=O) groups is 2. The molecule has 8 heteroatoms. The number of carbonyl (C=O) groups excluding carboxylic acids is 2. The van der Waals surface area contributed by atoms with Crippen LogP contribution in [0.15, 0.2) is 42.6 Å². The van der Waals surface area contributed by atoms with E-state index in [1.807, 2.05) is 36.9 Å².